The van der Waals surface area contributed by atoms with Crippen LogP contribution in [0, 0.1) is 26.3 Å². The molecule has 24 nitrogen and oxygen atoms in total. The van der Waals surface area contributed by atoms with E-state index < -0.39 is 28.1 Å². The van der Waals surface area contributed by atoms with Crippen LogP contribution in [0.4, 0.5) is 22.7 Å². The molecule has 0 fully saturated rings. The number of aromatic nitrogens is 1. The number of hydrogen-bond acceptors (Lipinski definition) is 16. The van der Waals surface area contributed by atoms with Gasteiger partial charge in [0.05, 0.1) is 24.7 Å². The molecule has 6 aromatic carbocycles. The number of alkyl halides is 2. The molecule has 26 heteroatoms. The highest BCUT2D eigenvalue weighted by atomic mass is 35.5. The van der Waals surface area contributed by atoms with Crippen molar-refractivity contribution in [2.75, 3.05) is 89.9 Å². The third kappa shape index (κ3) is 28.8. The molecular weight excluding hydrogens is 1400 g/mol. The van der Waals surface area contributed by atoms with Gasteiger partial charge < -0.3 is 71.5 Å². The van der Waals surface area contributed by atoms with Crippen molar-refractivity contribution < 1.29 is 49.3 Å². The van der Waals surface area contributed by atoms with Crippen LogP contribution in [-0.2, 0) is 59.2 Å². The minimum atomic E-state index is -0.973. The molecule has 0 saturated carbocycles. The zero-order chi connectivity index (χ0) is 80.3. The van der Waals surface area contributed by atoms with Crippen molar-refractivity contribution in [2.24, 2.45) is 24.2 Å². The highest BCUT2D eigenvalue weighted by Crippen LogP contribution is 2.53. The molecule has 562 valence electrons. The van der Waals surface area contributed by atoms with Gasteiger partial charge in [-0.25, -0.2) is 38.9 Å². The van der Waals surface area contributed by atoms with Gasteiger partial charge in [-0.05, 0) is 111 Å². The third-order valence-corrected chi connectivity index (χ3v) is 15.8. The van der Waals surface area contributed by atoms with Crippen LogP contribution in [0.3, 0.4) is 0 Å². The summed E-state index contributed by atoms with van der Waals surface area (Å²) in [6, 6.07) is 46.9. The first-order chi connectivity index (χ1) is 50.9. The van der Waals surface area contributed by atoms with E-state index in [0.717, 1.165) is 66.8 Å². The first kappa shape index (κ1) is 91.0. The summed E-state index contributed by atoms with van der Waals surface area (Å²) in [5.41, 5.74) is 26.7. The molecule has 0 unspecified atom stereocenters. The second-order valence-electron chi connectivity index (χ2n) is 23.2. The molecule has 9 N–H and O–H groups in total. The number of nitrogens with zero attached hydrogens (tertiary/aromatic N) is 7. The number of nitrogens with one attached hydrogen (secondary N) is 3. The number of benzene rings is 6. The Morgan fingerprint density at radius 1 is 0.505 bits per heavy atom. The number of halogens is 2. The second kappa shape index (κ2) is 48.0. The highest BCUT2D eigenvalue weighted by Gasteiger charge is 2.39. The van der Waals surface area contributed by atoms with Crippen LogP contribution in [0.1, 0.15) is 77.1 Å². The highest BCUT2D eigenvalue weighted by molar-refractivity contribution is 6.51. The summed E-state index contributed by atoms with van der Waals surface area (Å²) in [7, 11) is 7.25. The fraction of sp³-hybridized carbons (Fsp3) is 0.272. The van der Waals surface area contributed by atoms with Crippen molar-refractivity contribution >= 4 is 121 Å². The first-order valence-electron chi connectivity index (χ1n) is 33.2. The lowest BCUT2D eigenvalue weighted by Gasteiger charge is -2.37. The zero-order valence-electron chi connectivity index (χ0n) is 61.5. The fourth-order valence-corrected chi connectivity index (χ4v) is 10.2. The average molecular weight is 1500 g/mol. The Labute approximate surface area is 636 Å². The maximum absolute atomic E-state index is 12.9. The summed E-state index contributed by atoms with van der Waals surface area (Å²) < 4.78 is 9.52. The molecule has 107 heavy (non-hydrogen) atoms. The van der Waals surface area contributed by atoms with E-state index in [2.05, 4.69) is 85.5 Å². The lowest BCUT2D eigenvalue weighted by molar-refractivity contribution is -0.154. The molecule has 3 heterocycles. The Hall–Kier alpha value is -12.1. The van der Waals surface area contributed by atoms with E-state index in [9.17, 15) is 43.2 Å². The van der Waals surface area contributed by atoms with Crippen molar-refractivity contribution in [3.63, 3.8) is 0 Å². The first-order valence-corrected chi connectivity index (χ1v) is 33.9. The third-order valence-electron chi connectivity index (χ3n) is 15.0. The van der Waals surface area contributed by atoms with Crippen molar-refractivity contribution in [3.05, 3.63) is 278 Å². The number of rotatable bonds is 19. The number of pyridine rings is 1. The monoisotopic (exact) mass is 1490 g/mol. The quantitative estimate of drug-likeness (QED) is 0.00833. The van der Waals surface area contributed by atoms with Gasteiger partial charge in [0.2, 0.25) is 0 Å². The maximum atomic E-state index is 12.9. The lowest BCUT2D eigenvalue weighted by atomic mass is 9.89. The van der Waals surface area contributed by atoms with E-state index in [1.807, 2.05) is 167 Å². The number of esters is 3. The largest absolute Gasteiger partial charge is 0.464 e. The number of ether oxygens (including phenoxy) is 2. The molecule has 7 aromatic rings. The number of hydrogen-bond donors (Lipinski definition) is 6. The van der Waals surface area contributed by atoms with E-state index in [0.29, 0.717) is 81.7 Å². The van der Waals surface area contributed by atoms with Gasteiger partial charge in [0.15, 0.2) is 21.3 Å². The van der Waals surface area contributed by atoms with Gasteiger partial charge in [0.25, 0.3) is 36.5 Å². The van der Waals surface area contributed by atoms with Gasteiger partial charge in [-0.3, -0.25) is 28.8 Å². The van der Waals surface area contributed by atoms with Crippen LogP contribution in [-0.4, -0.2) is 132 Å². The average Bonchev–Trinajstić information content (AvgIpc) is 0.754. The molecule has 9 rings (SSSR count). The Morgan fingerprint density at radius 2 is 0.869 bits per heavy atom. The van der Waals surface area contributed by atoms with Crippen molar-refractivity contribution in [1.82, 2.24) is 20.5 Å². The van der Waals surface area contributed by atoms with Gasteiger partial charge in [-0.1, -0.05) is 147 Å². The lowest BCUT2D eigenvalue weighted by Crippen LogP contribution is -2.30. The molecule has 2 aliphatic heterocycles. The minimum Gasteiger partial charge on any atom is -0.464 e. The number of para-hydroxylation sites is 6. The predicted octanol–water partition coefficient (Wildman–Crippen LogP) is 12.0. The van der Waals surface area contributed by atoms with E-state index in [1.165, 1.54) is 21.0 Å². The van der Waals surface area contributed by atoms with Gasteiger partial charge in [-0.15, -0.1) is 0 Å². The number of carbonyl (C=O) groups is 8. The summed E-state index contributed by atoms with van der Waals surface area (Å²) >= 11 is 13.1. The zero-order valence-corrected chi connectivity index (χ0v) is 63.0. The van der Waals surface area contributed by atoms with Crippen LogP contribution < -0.4 is 48.4 Å². The Bertz CT molecular complexity index is 4450. The van der Waals surface area contributed by atoms with Crippen molar-refractivity contribution in [2.45, 2.75) is 57.7 Å². The number of aryl methyl sites for hydroxylation is 1. The smallest absolute Gasteiger partial charge is 0.386 e. The van der Waals surface area contributed by atoms with Crippen molar-refractivity contribution in [3.8, 4) is 0 Å². The molecule has 0 saturated heterocycles. The molecule has 3 amide bonds. The Morgan fingerprint density at radius 3 is 1.23 bits per heavy atom. The molecule has 1 aromatic heterocycles. The van der Waals surface area contributed by atoms with Crippen LogP contribution in [0.15, 0.2) is 205 Å². The maximum Gasteiger partial charge on any atom is 0.386 e. The van der Waals surface area contributed by atoms with Crippen LogP contribution >= 0.6 is 23.2 Å². The molecule has 2 aliphatic rings. The normalized spacial score (nSPS) is 10.9. The number of nitrogens with two attached hydrogens (primary N) is 3. The summed E-state index contributed by atoms with van der Waals surface area (Å²) in [6.45, 7) is 49.1. The van der Waals surface area contributed by atoms with E-state index in [-0.39, 0.29) is 66.7 Å². The predicted molar refractivity (Wildman–Crippen MR) is 427 cm³/mol. The number of carbonyl (C=O) groups excluding carboxylic acids is 8. The Kier molecular flexibility index (Phi) is 40.8. The van der Waals surface area contributed by atoms with Gasteiger partial charge in [0, 0.05) is 136 Å². The molecule has 0 radical (unpaired) electrons. The summed E-state index contributed by atoms with van der Waals surface area (Å²) in [5, 5.41) is 9.35. The molecule has 0 aliphatic carbocycles. The number of anilines is 4. The number of fused-ring (bicyclic) bond motifs is 6. The second-order valence-corrected chi connectivity index (χ2v) is 24.5. The van der Waals surface area contributed by atoms with Crippen molar-refractivity contribution in [1.29, 1.82) is 0 Å². The number of methoxy groups -OCH3 is 1. The number of Topliss-reactive ketones (excluding diaryl/α,β-unsaturated/α-hetero) is 2. The number of amides is 3. The molecule has 0 spiro atoms. The van der Waals surface area contributed by atoms with E-state index in [4.69, 9.17) is 66.7 Å². The molecule has 0 atom stereocenters. The fourth-order valence-electron chi connectivity index (χ4n) is 9.53. The van der Waals surface area contributed by atoms with Crippen LogP contribution in [0.25, 0.3) is 46.8 Å². The van der Waals surface area contributed by atoms with Crippen LogP contribution in [0.5, 0.6) is 0 Å². The van der Waals surface area contributed by atoms with E-state index in [1.54, 1.807) is 13.8 Å². The SMILES string of the molecule is C=C(C)C(=O)OC(=O)C(=C)C.CN1c2ccccc2C(Cl)(Cl)c2ccccc21.Cn1c2ccccc2c(=O)c2ccccc21.NCCN.[C-]#[N+]C(C(=O)NCCCC(=O)C(=C)C)=C1c2ccccc2N(C)c2ccccc21.[C-]#[N+]CC(=O)NCCCC(=O)C(=C)C.[C-]#[N+]CC(=O)NCCN.[C-]#[N+]CC(=O)OC.[HH]. The summed E-state index contributed by atoms with van der Waals surface area (Å²) in [6.07, 6.45) is 1.83. The van der Waals surface area contributed by atoms with Gasteiger partial charge in [-0.2, -0.15) is 0 Å². The standard InChI is InChI=1S/C24H23N3O2.C14H11Cl2N.C14H11NO.C10H14N2O2.C8H10O3.C5H9N3O.C4H5NO2.C2H8N2.H2/c1-16(2)21(28)14-9-15-26-24(29)23(25-3)22-17-10-5-7-12-19(17)27(4)20-13-8-6-11-18(20)22;1-17-12-8-4-2-6-10(12)14(15,16)11-7-3-5-9-13(11)17;1-15-12-8-4-2-6-10(12)14(16)11-7-3-5-9-13(11)15;1-8(2)9(13)5-4-6-12-10(14)7-11-3;1-5(2)7(9)11-8(10)6(3)4;1-7-4-5(9)8-3-2-6;1-5-3-4(6)7-2;3-1-2-4;/h5-8,10-13H,1,9,14-15H2,2,4H3,(H,26,29);2-9H,1H3;2-9H,1H3;1,4-7H2,2H3,(H,12,14);1,3H2,2,4H3;2-4,6H2,(H,8,9);3H2,2H3;1-4H2;1H. The summed E-state index contributed by atoms with van der Waals surface area (Å²) in [4.78, 5) is 117. The van der Waals surface area contributed by atoms with E-state index >= 15 is 0 Å². The Balaban J connectivity index is 0.000000652. The molecular formula is C81H93Cl2N13O11. The minimum absolute atomic E-state index is 0. The molecule has 0 bridgehead atoms. The topological polar surface area (TPSA) is 315 Å². The number of ketones is 2. The summed E-state index contributed by atoms with van der Waals surface area (Å²) in [5.74, 6) is -2.86. The van der Waals surface area contributed by atoms with Crippen LogP contribution in [0.2, 0.25) is 0 Å². The van der Waals surface area contributed by atoms with Gasteiger partial charge >= 0.3 is 24.5 Å². The van der Waals surface area contributed by atoms with Gasteiger partial charge in [0.1, 0.15) is 0 Å². The number of allylic oxidation sites excluding steroid dienone is 2.